The molecule has 0 aliphatic rings. The van der Waals surface area contributed by atoms with Gasteiger partial charge in [0.15, 0.2) is 0 Å². The van der Waals surface area contributed by atoms with Gasteiger partial charge in [0.2, 0.25) is 10.0 Å². The molecule has 0 atom stereocenters. The second-order valence-electron chi connectivity index (χ2n) is 4.75. The van der Waals surface area contributed by atoms with Crippen LogP contribution in [-0.2, 0) is 21.4 Å². The number of rotatable bonds is 8. The predicted molar refractivity (Wildman–Crippen MR) is 79.8 cm³/mol. The van der Waals surface area contributed by atoms with E-state index in [9.17, 15) is 13.2 Å². The predicted octanol–water partition coefficient (Wildman–Crippen LogP) is 1.07. The molecule has 2 aromatic rings. The number of sulfonamides is 1. The number of carboxylic acids is 1. The van der Waals surface area contributed by atoms with Gasteiger partial charge in [-0.05, 0) is 12.0 Å². The molecule has 2 N–H and O–H groups in total. The molecule has 1 aromatic heterocycles. The summed E-state index contributed by atoms with van der Waals surface area (Å²) in [5.74, 6) is -0.949. The number of hydrogen-bond acceptors (Lipinski definition) is 4. The summed E-state index contributed by atoms with van der Waals surface area (Å²) in [6, 6.07) is 9.57. The quantitative estimate of drug-likeness (QED) is 0.708. The van der Waals surface area contributed by atoms with E-state index in [0.717, 1.165) is 5.56 Å². The van der Waals surface area contributed by atoms with Gasteiger partial charge in [0, 0.05) is 19.2 Å². The summed E-state index contributed by atoms with van der Waals surface area (Å²) < 4.78 is 28.0. The van der Waals surface area contributed by atoms with Crippen LogP contribution in [0.2, 0.25) is 0 Å². The van der Waals surface area contributed by atoms with Gasteiger partial charge in [-0.2, -0.15) is 5.10 Å². The standard InChI is InChI=1S/C14H17N3O4S/c18-14(19)7-4-8-16-22(20,21)13-9-15-17(11-13)10-12-5-2-1-3-6-12/h1-3,5-6,9,11,16H,4,7-8,10H2,(H,18,19). The third-order valence-electron chi connectivity index (χ3n) is 2.97. The average molecular weight is 323 g/mol. The van der Waals surface area contributed by atoms with Gasteiger partial charge >= 0.3 is 5.97 Å². The molecule has 7 nitrogen and oxygen atoms in total. The second-order valence-corrected chi connectivity index (χ2v) is 6.52. The van der Waals surface area contributed by atoms with Crippen molar-refractivity contribution < 1.29 is 18.3 Å². The Hall–Kier alpha value is -2.19. The van der Waals surface area contributed by atoms with E-state index in [4.69, 9.17) is 5.11 Å². The average Bonchev–Trinajstić information content (AvgIpc) is 2.94. The first kappa shape index (κ1) is 16.2. The molecule has 22 heavy (non-hydrogen) atoms. The molecule has 0 saturated carbocycles. The molecule has 0 amide bonds. The van der Waals surface area contributed by atoms with Crippen molar-refractivity contribution in [2.24, 2.45) is 0 Å². The van der Waals surface area contributed by atoms with Crippen molar-refractivity contribution in [2.45, 2.75) is 24.3 Å². The van der Waals surface area contributed by atoms with Gasteiger partial charge in [-0.25, -0.2) is 13.1 Å². The van der Waals surface area contributed by atoms with Gasteiger partial charge in [-0.3, -0.25) is 9.48 Å². The highest BCUT2D eigenvalue weighted by molar-refractivity contribution is 7.89. The first-order valence-corrected chi connectivity index (χ1v) is 8.23. The molecular weight excluding hydrogens is 306 g/mol. The van der Waals surface area contributed by atoms with Crippen LogP contribution in [0.5, 0.6) is 0 Å². The maximum atomic E-state index is 12.0. The number of carboxylic acid groups (broad SMARTS) is 1. The lowest BCUT2D eigenvalue weighted by Crippen LogP contribution is -2.25. The molecule has 0 spiro atoms. The molecule has 8 heteroatoms. The summed E-state index contributed by atoms with van der Waals surface area (Å²) in [6.07, 6.45) is 2.90. The number of benzene rings is 1. The Morgan fingerprint density at radius 2 is 2.00 bits per heavy atom. The maximum Gasteiger partial charge on any atom is 0.303 e. The van der Waals surface area contributed by atoms with Crippen LogP contribution in [0.3, 0.4) is 0 Å². The smallest absolute Gasteiger partial charge is 0.303 e. The molecular formula is C14H17N3O4S. The summed E-state index contributed by atoms with van der Waals surface area (Å²) in [6.45, 7) is 0.563. The van der Waals surface area contributed by atoms with Gasteiger partial charge in [-0.1, -0.05) is 30.3 Å². The first-order chi connectivity index (χ1) is 10.5. The number of nitrogens with zero attached hydrogens (tertiary/aromatic N) is 2. The number of carbonyl (C=O) groups is 1. The van der Waals surface area contributed by atoms with E-state index < -0.39 is 16.0 Å². The van der Waals surface area contributed by atoms with Gasteiger partial charge in [0.05, 0.1) is 12.7 Å². The minimum Gasteiger partial charge on any atom is -0.481 e. The van der Waals surface area contributed by atoms with Gasteiger partial charge in [0.25, 0.3) is 0 Å². The number of aromatic nitrogens is 2. The summed E-state index contributed by atoms with van der Waals surface area (Å²) >= 11 is 0. The lowest BCUT2D eigenvalue weighted by Gasteiger charge is -2.03. The fourth-order valence-corrected chi connectivity index (χ4v) is 2.90. The van der Waals surface area contributed by atoms with Crippen molar-refractivity contribution in [3.05, 3.63) is 48.3 Å². The summed E-state index contributed by atoms with van der Waals surface area (Å²) in [4.78, 5) is 10.4. The molecule has 0 aliphatic carbocycles. The number of aliphatic carboxylic acids is 1. The van der Waals surface area contributed by atoms with Crippen molar-refractivity contribution in [1.29, 1.82) is 0 Å². The summed E-state index contributed by atoms with van der Waals surface area (Å²) in [5, 5.41) is 12.6. The molecule has 118 valence electrons. The van der Waals surface area contributed by atoms with E-state index in [-0.39, 0.29) is 24.3 Å². The van der Waals surface area contributed by atoms with Gasteiger partial charge in [-0.15, -0.1) is 0 Å². The Bertz CT molecular complexity index is 726. The zero-order valence-electron chi connectivity index (χ0n) is 11.8. The third kappa shape index (κ3) is 4.68. The Morgan fingerprint density at radius 1 is 1.27 bits per heavy atom. The van der Waals surface area contributed by atoms with Crippen molar-refractivity contribution in [2.75, 3.05) is 6.54 Å². The van der Waals surface area contributed by atoms with Crippen LogP contribution in [0.15, 0.2) is 47.6 Å². The van der Waals surface area contributed by atoms with Crippen molar-refractivity contribution in [1.82, 2.24) is 14.5 Å². The Balaban J connectivity index is 1.96. The van der Waals surface area contributed by atoms with E-state index in [1.807, 2.05) is 30.3 Å². The highest BCUT2D eigenvalue weighted by atomic mass is 32.2. The second kappa shape index (κ2) is 7.19. The van der Waals surface area contributed by atoms with Crippen molar-refractivity contribution in [3.8, 4) is 0 Å². The molecule has 1 aromatic carbocycles. The Labute approximate surface area is 128 Å². The largest absolute Gasteiger partial charge is 0.481 e. The SMILES string of the molecule is O=C(O)CCCNS(=O)(=O)c1cnn(Cc2ccccc2)c1. The van der Waals surface area contributed by atoms with E-state index >= 15 is 0 Å². The zero-order valence-corrected chi connectivity index (χ0v) is 12.7. The molecule has 0 radical (unpaired) electrons. The van der Waals surface area contributed by atoms with Crippen molar-refractivity contribution in [3.63, 3.8) is 0 Å². The zero-order chi connectivity index (χ0) is 16.0. The highest BCUT2D eigenvalue weighted by Crippen LogP contribution is 2.09. The van der Waals surface area contributed by atoms with Crippen LogP contribution < -0.4 is 4.72 Å². The van der Waals surface area contributed by atoms with Crippen LogP contribution in [0.25, 0.3) is 0 Å². The molecule has 0 bridgehead atoms. The third-order valence-corrected chi connectivity index (χ3v) is 4.38. The van der Waals surface area contributed by atoms with Crippen LogP contribution in [0.4, 0.5) is 0 Å². The minimum absolute atomic E-state index is 0.0683. The summed E-state index contributed by atoms with van der Waals surface area (Å²) in [7, 11) is -3.66. The van der Waals surface area contributed by atoms with E-state index in [0.29, 0.717) is 6.54 Å². The lowest BCUT2D eigenvalue weighted by atomic mass is 10.2. The van der Waals surface area contributed by atoms with Gasteiger partial charge < -0.3 is 5.11 Å². The molecule has 0 fully saturated rings. The topological polar surface area (TPSA) is 101 Å². The number of nitrogens with one attached hydrogen (secondary N) is 1. The first-order valence-electron chi connectivity index (χ1n) is 6.75. The molecule has 0 aliphatic heterocycles. The highest BCUT2D eigenvalue weighted by Gasteiger charge is 2.16. The van der Waals surface area contributed by atoms with Crippen LogP contribution >= 0.6 is 0 Å². The van der Waals surface area contributed by atoms with Crippen LogP contribution in [0.1, 0.15) is 18.4 Å². The molecule has 0 unspecified atom stereocenters. The normalized spacial score (nSPS) is 11.5. The van der Waals surface area contributed by atoms with Crippen LogP contribution in [0, 0.1) is 0 Å². The maximum absolute atomic E-state index is 12.0. The fourth-order valence-electron chi connectivity index (χ4n) is 1.87. The Kier molecular flexibility index (Phi) is 5.29. The minimum atomic E-state index is -3.66. The number of hydrogen-bond donors (Lipinski definition) is 2. The fraction of sp³-hybridized carbons (Fsp3) is 0.286. The monoisotopic (exact) mass is 323 g/mol. The Morgan fingerprint density at radius 3 is 2.68 bits per heavy atom. The van der Waals surface area contributed by atoms with Crippen LogP contribution in [-0.4, -0.2) is 35.8 Å². The van der Waals surface area contributed by atoms with Crippen molar-refractivity contribution >= 4 is 16.0 Å². The summed E-state index contributed by atoms with van der Waals surface area (Å²) in [5.41, 5.74) is 1.02. The molecule has 0 saturated heterocycles. The molecule has 2 rings (SSSR count). The van der Waals surface area contributed by atoms with E-state index in [1.54, 1.807) is 4.68 Å². The lowest BCUT2D eigenvalue weighted by molar-refractivity contribution is -0.137. The van der Waals surface area contributed by atoms with Gasteiger partial charge in [0.1, 0.15) is 4.90 Å². The van der Waals surface area contributed by atoms with E-state index in [2.05, 4.69) is 9.82 Å². The molecule has 1 heterocycles. The van der Waals surface area contributed by atoms with E-state index in [1.165, 1.54) is 12.4 Å².